The molecule has 3 aromatic rings. The Morgan fingerprint density at radius 3 is 2.81 bits per heavy atom. The van der Waals surface area contributed by atoms with Gasteiger partial charge in [-0.3, -0.25) is 14.5 Å². The highest BCUT2D eigenvalue weighted by molar-refractivity contribution is 6.08. The number of likely N-dealkylation sites (N-methyl/N-ethyl adjacent to an activating group) is 1. The van der Waals surface area contributed by atoms with Crippen molar-refractivity contribution in [2.45, 2.75) is 19.5 Å². The average Bonchev–Trinajstić information content (AvgIpc) is 2.89. The SMILES string of the molecule is Cc1cc(=O)[nH]c2ccc(NC(=O)c3cc(CN4CCOCC4)cnc3N3CCN(C)CC3C#N)cc12. The smallest absolute Gasteiger partial charge is 0.259 e. The number of hydrogen-bond acceptors (Lipinski definition) is 8. The summed E-state index contributed by atoms with van der Waals surface area (Å²) in [6.07, 6.45) is 1.81. The molecule has 2 N–H and O–H groups in total. The van der Waals surface area contributed by atoms with Gasteiger partial charge in [0.15, 0.2) is 0 Å². The first kappa shape index (κ1) is 24.9. The van der Waals surface area contributed by atoms with E-state index >= 15 is 0 Å². The Hall–Kier alpha value is -3.78. The number of aryl methyl sites for hydroxylation is 1. The first-order valence-electron chi connectivity index (χ1n) is 12.5. The van der Waals surface area contributed by atoms with Gasteiger partial charge in [-0.15, -0.1) is 0 Å². The van der Waals surface area contributed by atoms with Gasteiger partial charge in [0.05, 0.1) is 24.8 Å². The summed E-state index contributed by atoms with van der Waals surface area (Å²) >= 11 is 0. The number of amides is 1. The molecule has 0 spiro atoms. The minimum atomic E-state index is -0.400. The fourth-order valence-corrected chi connectivity index (χ4v) is 4.98. The van der Waals surface area contributed by atoms with Gasteiger partial charge in [0.25, 0.3) is 5.91 Å². The Kier molecular flexibility index (Phi) is 7.19. The lowest BCUT2D eigenvalue weighted by molar-refractivity contribution is 0.0341. The fraction of sp³-hybridized carbons (Fsp3) is 0.407. The highest BCUT2D eigenvalue weighted by Crippen LogP contribution is 2.26. The standard InChI is InChI=1S/C27H31N7O3/c1-18-11-25(35)31-24-4-3-20(13-22(18)24)30-27(36)23-12-19(16-33-7-9-37-10-8-33)15-29-26(23)34-6-5-32(2)17-21(34)14-28/h3-4,11-13,15,21H,5-10,16-17H2,1-2H3,(H,30,36)(H,31,35). The van der Waals surface area contributed by atoms with Crippen LogP contribution in [0.15, 0.2) is 41.3 Å². The molecule has 2 aliphatic heterocycles. The molecule has 10 heteroatoms. The molecule has 5 rings (SSSR count). The molecule has 192 valence electrons. The van der Waals surface area contributed by atoms with Gasteiger partial charge in [0.1, 0.15) is 11.9 Å². The molecule has 2 aliphatic rings. The number of aromatic nitrogens is 2. The van der Waals surface area contributed by atoms with Crippen LogP contribution in [-0.2, 0) is 11.3 Å². The minimum absolute atomic E-state index is 0.159. The highest BCUT2D eigenvalue weighted by atomic mass is 16.5. The summed E-state index contributed by atoms with van der Waals surface area (Å²) in [5, 5.41) is 13.7. The van der Waals surface area contributed by atoms with E-state index in [0.717, 1.165) is 36.1 Å². The molecule has 37 heavy (non-hydrogen) atoms. The lowest BCUT2D eigenvalue weighted by Gasteiger charge is -2.38. The van der Waals surface area contributed by atoms with E-state index < -0.39 is 6.04 Å². The number of H-pyrrole nitrogens is 1. The predicted molar refractivity (Wildman–Crippen MR) is 142 cm³/mol. The van der Waals surface area contributed by atoms with Crippen LogP contribution < -0.4 is 15.8 Å². The van der Waals surface area contributed by atoms with Crippen LogP contribution in [0.2, 0.25) is 0 Å². The van der Waals surface area contributed by atoms with Gasteiger partial charge in [0.2, 0.25) is 5.56 Å². The molecule has 1 unspecified atom stereocenters. The zero-order valence-corrected chi connectivity index (χ0v) is 21.2. The van der Waals surface area contributed by atoms with Gasteiger partial charge in [-0.05, 0) is 49.4 Å². The summed E-state index contributed by atoms with van der Waals surface area (Å²) in [4.78, 5) is 39.4. The number of rotatable bonds is 5. The zero-order chi connectivity index (χ0) is 25.9. The number of ether oxygens (including phenoxy) is 1. The van der Waals surface area contributed by atoms with E-state index in [1.54, 1.807) is 18.2 Å². The van der Waals surface area contributed by atoms with E-state index in [9.17, 15) is 14.9 Å². The summed E-state index contributed by atoms with van der Waals surface area (Å²) < 4.78 is 5.46. The van der Waals surface area contributed by atoms with Crippen molar-refractivity contribution in [1.29, 1.82) is 5.26 Å². The maximum Gasteiger partial charge on any atom is 0.259 e. The Balaban J connectivity index is 1.48. The number of benzene rings is 1. The number of nitrogens with one attached hydrogen (secondary N) is 2. The second-order valence-corrected chi connectivity index (χ2v) is 9.73. The van der Waals surface area contributed by atoms with Crippen LogP contribution in [0, 0.1) is 18.3 Å². The van der Waals surface area contributed by atoms with Crippen LogP contribution in [0.4, 0.5) is 11.5 Å². The number of fused-ring (bicyclic) bond motifs is 1. The molecule has 4 heterocycles. The number of aromatic amines is 1. The van der Waals surface area contributed by atoms with Crippen LogP contribution in [0.25, 0.3) is 10.9 Å². The summed E-state index contributed by atoms with van der Waals surface area (Å²) in [7, 11) is 1.99. The molecular weight excluding hydrogens is 470 g/mol. The van der Waals surface area contributed by atoms with Crippen molar-refractivity contribution in [3.05, 3.63) is 63.6 Å². The fourth-order valence-electron chi connectivity index (χ4n) is 4.98. The lowest BCUT2D eigenvalue weighted by Crippen LogP contribution is -2.52. The number of carbonyl (C=O) groups excluding carboxylic acids is 1. The second kappa shape index (κ2) is 10.7. The lowest BCUT2D eigenvalue weighted by atomic mass is 10.1. The van der Waals surface area contributed by atoms with Crippen molar-refractivity contribution in [3.8, 4) is 6.07 Å². The van der Waals surface area contributed by atoms with Crippen molar-refractivity contribution in [1.82, 2.24) is 19.8 Å². The van der Waals surface area contributed by atoms with E-state index in [2.05, 4.69) is 26.2 Å². The number of anilines is 2. The average molecular weight is 502 g/mol. The van der Waals surface area contributed by atoms with Gasteiger partial charge in [-0.2, -0.15) is 5.26 Å². The molecule has 2 aromatic heterocycles. The number of pyridine rings is 2. The Bertz CT molecular complexity index is 1410. The van der Waals surface area contributed by atoms with Crippen molar-refractivity contribution >= 4 is 28.3 Å². The first-order chi connectivity index (χ1) is 17.9. The first-order valence-corrected chi connectivity index (χ1v) is 12.5. The Morgan fingerprint density at radius 2 is 2.03 bits per heavy atom. The topological polar surface area (TPSA) is 118 Å². The molecule has 1 amide bonds. The van der Waals surface area contributed by atoms with Gasteiger partial charge >= 0.3 is 0 Å². The molecule has 1 atom stereocenters. The molecule has 0 bridgehead atoms. The number of piperazine rings is 1. The molecule has 2 fully saturated rings. The second-order valence-electron chi connectivity index (χ2n) is 9.73. The van der Waals surface area contributed by atoms with Crippen LogP contribution in [-0.4, -0.2) is 84.7 Å². The van der Waals surface area contributed by atoms with Crippen LogP contribution in [0.5, 0.6) is 0 Å². The zero-order valence-electron chi connectivity index (χ0n) is 21.2. The molecule has 10 nitrogen and oxygen atoms in total. The van der Waals surface area contributed by atoms with Crippen molar-refractivity contribution in [2.75, 3.05) is 63.2 Å². The van der Waals surface area contributed by atoms with E-state index in [-0.39, 0.29) is 11.5 Å². The maximum absolute atomic E-state index is 13.7. The number of hydrogen-bond donors (Lipinski definition) is 2. The minimum Gasteiger partial charge on any atom is -0.379 e. The Morgan fingerprint density at radius 1 is 1.22 bits per heavy atom. The molecular formula is C27H31N7O3. The number of nitriles is 1. The molecule has 0 aliphatic carbocycles. The van der Waals surface area contributed by atoms with Crippen molar-refractivity contribution in [3.63, 3.8) is 0 Å². The van der Waals surface area contributed by atoms with Crippen LogP contribution in [0.1, 0.15) is 21.5 Å². The number of morpholine rings is 1. The predicted octanol–water partition coefficient (Wildman–Crippen LogP) is 1.96. The monoisotopic (exact) mass is 501 g/mol. The van der Waals surface area contributed by atoms with E-state index in [0.29, 0.717) is 55.4 Å². The van der Waals surface area contributed by atoms with Crippen LogP contribution >= 0.6 is 0 Å². The summed E-state index contributed by atoms with van der Waals surface area (Å²) in [6, 6.07) is 10.8. The van der Waals surface area contributed by atoms with Crippen molar-refractivity contribution < 1.29 is 9.53 Å². The summed E-state index contributed by atoms with van der Waals surface area (Å²) in [5.41, 5.74) is 3.38. The molecule has 0 radical (unpaired) electrons. The molecule has 1 aromatic carbocycles. The summed E-state index contributed by atoms with van der Waals surface area (Å²) in [6.45, 7) is 7.54. The van der Waals surface area contributed by atoms with E-state index in [4.69, 9.17) is 9.72 Å². The van der Waals surface area contributed by atoms with E-state index in [1.165, 1.54) is 0 Å². The van der Waals surface area contributed by atoms with Gasteiger partial charge in [0, 0.05) is 68.1 Å². The maximum atomic E-state index is 13.7. The quantitative estimate of drug-likeness (QED) is 0.545. The van der Waals surface area contributed by atoms with Crippen LogP contribution in [0.3, 0.4) is 0 Å². The largest absolute Gasteiger partial charge is 0.379 e. The highest BCUT2D eigenvalue weighted by Gasteiger charge is 2.30. The molecule has 0 saturated carbocycles. The third kappa shape index (κ3) is 5.49. The number of nitrogens with zero attached hydrogens (tertiary/aromatic N) is 5. The van der Waals surface area contributed by atoms with Crippen molar-refractivity contribution in [2.24, 2.45) is 0 Å². The Labute approximate surface area is 215 Å². The summed E-state index contributed by atoms with van der Waals surface area (Å²) in [5.74, 6) is 0.229. The van der Waals surface area contributed by atoms with E-state index in [1.807, 2.05) is 37.2 Å². The van der Waals surface area contributed by atoms with Gasteiger partial charge < -0.3 is 24.8 Å². The third-order valence-electron chi connectivity index (χ3n) is 6.99. The normalized spacial score (nSPS) is 19.1. The third-order valence-corrected chi connectivity index (χ3v) is 6.99. The molecule has 2 saturated heterocycles. The van der Waals surface area contributed by atoms with Gasteiger partial charge in [-0.1, -0.05) is 0 Å². The number of carbonyl (C=O) groups is 1. The van der Waals surface area contributed by atoms with Gasteiger partial charge in [-0.25, -0.2) is 4.98 Å².